The van der Waals surface area contributed by atoms with Crippen LogP contribution in [0.5, 0.6) is 5.75 Å². The zero-order valence-corrected chi connectivity index (χ0v) is 9.24. The van der Waals surface area contributed by atoms with Crippen molar-refractivity contribution in [1.82, 2.24) is 14.8 Å². The summed E-state index contributed by atoms with van der Waals surface area (Å²) in [4.78, 5) is 29.6. The minimum Gasteiger partial charge on any atom is -0.506 e. The first-order valence-corrected chi connectivity index (χ1v) is 5.33. The summed E-state index contributed by atoms with van der Waals surface area (Å²) in [6.07, 6.45) is 3.49. The Morgan fingerprint density at radius 3 is 2.59 bits per heavy atom. The number of nitrogens with zero attached hydrogens (tertiary/aromatic N) is 3. The maximum absolute atomic E-state index is 12.0. The molecule has 1 N–H and O–H groups in total. The molecule has 1 aliphatic heterocycles. The normalized spacial score (nSPS) is 15.8. The summed E-state index contributed by atoms with van der Waals surface area (Å²) in [6.45, 7) is 2.10. The van der Waals surface area contributed by atoms with Gasteiger partial charge in [-0.25, -0.2) is 0 Å². The summed E-state index contributed by atoms with van der Waals surface area (Å²) < 4.78 is 0. The molecular weight excluding hydrogens is 222 g/mol. The van der Waals surface area contributed by atoms with Gasteiger partial charge in [0.25, 0.3) is 5.91 Å². The average molecular weight is 235 g/mol. The Morgan fingerprint density at radius 2 is 2.00 bits per heavy atom. The Hall–Kier alpha value is -2.11. The molecule has 0 aromatic carbocycles. The largest absolute Gasteiger partial charge is 0.506 e. The highest BCUT2D eigenvalue weighted by atomic mass is 16.3. The van der Waals surface area contributed by atoms with E-state index in [0.717, 1.165) is 6.41 Å². The van der Waals surface area contributed by atoms with Gasteiger partial charge in [-0.15, -0.1) is 0 Å². The van der Waals surface area contributed by atoms with E-state index in [2.05, 4.69) is 4.98 Å². The van der Waals surface area contributed by atoms with Crippen LogP contribution in [0, 0.1) is 0 Å². The lowest BCUT2D eigenvalue weighted by atomic mass is 10.2. The van der Waals surface area contributed by atoms with Gasteiger partial charge in [0.2, 0.25) is 6.41 Å². The molecule has 90 valence electrons. The van der Waals surface area contributed by atoms with Crippen LogP contribution in [-0.4, -0.2) is 58.4 Å². The highest BCUT2D eigenvalue weighted by molar-refractivity contribution is 5.94. The van der Waals surface area contributed by atoms with Gasteiger partial charge in [0.1, 0.15) is 5.75 Å². The summed E-state index contributed by atoms with van der Waals surface area (Å²) in [5.41, 5.74) is 0.365. The molecule has 0 atom stereocenters. The van der Waals surface area contributed by atoms with Crippen LogP contribution in [0.1, 0.15) is 10.4 Å². The van der Waals surface area contributed by atoms with Crippen LogP contribution in [-0.2, 0) is 4.79 Å². The Morgan fingerprint density at radius 1 is 1.29 bits per heavy atom. The highest BCUT2D eigenvalue weighted by Crippen LogP contribution is 2.12. The van der Waals surface area contributed by atoms with E-state index in [0.29, 0.717) is 31.7 Å². The molecule has 0 radical (unpaired) electrons. The van der Waals surface area contributed by atoms with E-state index >= 15 is 0 Å². The lowest BCUT2D eigenvalue weighted by Gasteiger charge is -2.32. The van der Waals surface area contributed by atoms with E-state index in [9.17, 15) is 14.7 Å². The molecule has 2 rings (SSSR count). The molecular formula is C11H13N3O3. The molecule has 0 bridgehead atoms. The topological polar surface area (TPSA) is 73.7 Å². The van der Waals surface area contributed by atoms with E-state index in [1.807, 2.05) is 0 Å². The molecule has 0 unspecified atom stereocenters. The van der Waals surface area contributed by atoms with Gasteiger partial charge >= 0.3 is 0 Å². The fraction of sp³-hybridized carbons (Fsp3) is 0.364. The maximum Gasteiger partial charge on any atom is 0.255 e. The highest BCUT2D eigenvalue weighted by Gasteiger charge is 2.21. The fourth-order valence-corrected chi connectivity index (χ4v) is 1.76. The molecule has 2 heterocycles. The van der Waals surface area contributed by atoms with Crippen molar-refractivity contribution in [1.29, 1.82) is 0 Å². The van der Waals surface area contributed by atoms with Gasteiger partial charge in [0.15, 0.2) is 0 Å². The lowest BCUT2D eigenvalue weighted by Crippen LogP contribution is -2.48. The smallest absolute Gasteiger partial charge is 0.255 e. The Kier molecular flexibility index (Phi) is 3.22. The SMILES string of the molecule is O=CN1CCN(C(=O)c2cncc(O)c2)CC1. The maximum atomic E-state index is 12.0. The second-order valence-corrected chi connectivity index (χ2v) is 3.87. The molecule has 17 heavy (non-hydrogen) atoms. The number of piperazine rings is 1. The van der Waals surface area contributed by atoms with Crippen molar-refractivity contribution in [2.24, 2.45) is 0 Å². The first-order chi connectivity index (χ1) is 8.20. The third-order valence-electron chi connectivity index (χ3n) is 2.72. The number of carbonyl (C=O) groups is 2. The van der Waals surface area contributed by atoms with E-state index in [1.165, 1.54) is 18.5 Å². The van der Waals surface area contributed by atoms with Gasteiger partial charge in [-0.05, 0) is 6.07 Å². The van der Waals surface area contributed by atoms with Gasteiger partial charge in [-0.1, -0.05) is 0 Å². The molecule has 1 fully saturated rings. The number of aromatic hydroxyl groups is 1. The van der Waals surface area contributed by atoms with Crippen molar-refractivity contribution in [2.75, 3.05) is 26.2 Å². The molecule has 6 nitrogen and oxygen atoms in total. The summed E-state index contributed by atoms with van der Waals surface area (Å²) >= 11 is 0. The van der Waals surface area contributed by atoms with Crippen molar-refractivity contribution >= 4 is 12.3 Å². The Balaban J connectivity index is 2.04. The molecule has 1 saturated heterocycles. The van der Waals surface area contributed by atoms with Gasteiger partial charge < -0.3 is 14.9 Å². The second-order valence-electron chi connectivity index (χ2n) is 3.87. The van der Waals surface area contributed by atoms with Crippen molar-refractivity contribution in [3.8, 4) is 5.75 Å². The Bertz CT molecular complexity index is 428. The zero-order chi connectivity index (χ0) is 12.3. The van der Waals surface area contributed by atoms with E-state index in [-0.39, 0.29) is 11.7 Å². The third kappa shape index (κ3) is 2.52. The van der Waals surface area contributed by atoms with E-state index in [1.54, 1.807) is 9.80 Å². The van der Waals surface area contributed by atoms with Crippen LogP contribution in [0.4, 0.5) is 0 Å². The van der Waals surface area contributed by atoms with Crippen molar-refractivity contribution in [3.63, 3.8) is 0 Å². The number of hydrogen-bond donors (Lipinski definition) is 1. The number of amides is 2. The van der Waals surface area contributed by atoms with Crippen LogP contribution in [0.2, 0.25) is 0 Å². The minimum atomic E-state index is -0.168. The van der Waals surface area contributed by atoms with Crippen molar-refractivity contribution in [3.05, 3.63) is 24.0 Å². The standard InChI is InChI=1S/C11H13N3O3/c15-8-13-1-3-14(4-2-13)11(17)9-5-10(16)7-12-6-9/h5-8,16H,1-4H2. The van der Waals surface area contributed by atoms with Crippen LogP contribution >= 0.6 is 0 Å². The summed E-state index contributed by atoms with van der Waals surface area (Å²) in [5, 5.41) is 9.25. The minimum absolute atomic E-state index is 0.0256. The predicted octanol–water partition coefficient (Wildman–Crippen LogP) is -0.299. The first kappa shape index (κ1) is 11.4. The number of hydrogen-bond acceptors (Lipinski definition) is 4. The average Bonchev–Trinajstić information content (AvgIpc) is 2.38. The molecule has 1 aromatic heterocycles. The van der Waals surface area contributed by atoms with Gasteiger partial charge in [0.05, 0.1) is 11.8 Å². The molecule has 0 aliphatic carbocycles. The Labute approximate surface area is 98.5 Å². The number of rotatable bonds is 2. The molecule has 2 amide bonds. The van der Waals surface area contributed by atoms with Crippen molar-refractivity contribution in [2.45, 2.75) is 0 Å². The summed E-state index contributed by atoms with van der Waals surface area (Å²) in [5.74, 6) is -0.193. The fourth-order valence-electron chi connectivity index (χ4n) is 1.76. The van der Waals surface area contributed by atoms with Gasteiger partial charge in [0, 0.05) is 32.4 Å². The molecule has 1 aromatic rings. The molecule has 1 aliphatic rings. The predicted molar refractivity (Wildman–Crippen MR) is 59.4 cm³/mol. The number of carbonyl (C=O) groups excluding carboxylic acids is 2. The molecule has 6 heteroatoms. The zero-order valence-electron chi connectivity index (χ0n) is 9.24. The number of aromatic nitrogens is 1. The molecule has 0 spiro atoms. The summed E-state index contributed by atoms with van der Waals surface area (Å²) in [7, 11) is 0. The quantitative estimate of drug-likeness (QED) is 0.714. The monoisotopic (exact) mass is 235 g/mol. The third-order valence-corrected chi connectivity index (χ3v) is 2.72. The lowest BCUT2D eigenvalue weighted by molar-refractivity contribution is -0.119. The van der Waals surface area contributed by atoms with Crippen LogP contribution in [0.15, 0.2) is 18.5 Å². The van der Waals surface area contributed by atoms with Gasteiger partial charge in [-0.3, -0.25) is 14.6 Å². The first-order valence-electron chi connectivity index (χ1n) is 5.33. The second kappa shape index (κ2) is 4.82. The van der Waals surface area contributed by atoms with Gasteiger partial charge in [-0.2, -0.15) is 0 Å². The van der Waals surface area contributed by atoms with E-state index < -0.39 is 0 Å². The van der Waals surface area contributed by atoms with Crippen LogP contribution in [0.3, 0.4) is 0 Å². The number of pyridine rings is 1. The van der Waals surface area contributed by atoms with Crippen LogP contribution < -0.4 is 0 Å². The summed E-state index contributed by atoms with van der Waals surface area (Å²) in [6, 6.07) is 1.39. The van der Waals surface area contributed by atoms with Crippen LogP contribution in [0.25, 0.3) is 0 Å². The van der Waals surface area contributed by atoms with Crippen molar-refractivity contribution < 1.29 is 14.7 Å². The van der Waals surface area contributed by atoms with E-state index in [4.69, 9.17) is 0 Å². The molecule has 0 saturated carbocycles.